The van der Waals surface area contributed by atoms with Crippen molar-refractivity contribution in [3.05, 3.63) is 100 Å². The Labute approximate surface area is 248 Å². The molecule has 2 aromatic heterocycles. The summed E-state index contributed by atoms with van der Waals surface area (Å²) >= 11 is 7.75. The van der Waals surface area contributed by atoms with E-state index < -0.39 is 10.0 Å². The Hall–Kier alpha value is -3.73. The van der Waals surface area contributed by atoms with Crippen LogP contribution in [0.4, 0.5) is 10.8 Å². The molecular weight excluding hydrogens is 578 g/mol. The number of hydrogen-bond acceptors (Lipinski definition) is 6. The van der Waals surface area contributed by atoms with Gasteiger partial charge in [0.2, 0.25) is 0 Å². The summed E-state index contributed by atoms with van der Waals surface area (Å²) in [6, 6.07) is 20.7. The van der Waals surface area contributed by atoms with Crippen LogP contribution >= 0.6 is 22.9 Å². The largest absolute Gasteiger partial charge is 0.282 e. The first-order valence-corrected chi connectivity index (χ1v) is 15.8. The molecule has 0 aliphatic rings. The predicted octanol–water partition coefficient (Wildman–Crippen LogP) is 6.63. The lowest BCUT2D eigenvalue weighted by Crippen LogP contribution is -2.34. The monoisotopic (exact) mass is 607 g/mol. The minimum Gasteiger partial charge on any atom is -0.282 e. The number of carbonyl (C=O) groups excluding carboxylic acids is 1. The zero-order valence-electron chi connectivity index (χ0n) is 23.2. The number of sulfonamides is 1. The molecule has 0 aliphatic heterocycles. The summed E-state index contributed by atoms with van der Waals surface area (Å²) in [5, 5.41) is 5.69. The topological polar surface area (TPSA) is 88.4 Å². The Morgan fingerprint density at radius 2 is 1.71 bits per heavy atom. The fourth-order valence-corrected chi connectivity index (χ4v) is 7.40. The molecule has 3 aromatic carbocycles. The van der Waals surface area contributed by atoms with Crippen molar-refractivity contribution in [2.75, 3.05) is 22.3 Å². The van der Waals surface area contributed by atoms with E-state index >= 15 is 0 Å². The summed E-state index contributed by atoms with van der Waals surface area (Å²) in [6.07, 6.45) is 0. The highest BCUT2D eigenvalue weighted by atomic mass is 35.5. The number of hydrogen-bond donors (Lipinski definition) is 0. The molecule has 5 aromatic rings. The molecule has 8 nitrogen and oxygen atoms in total. The summed E-state index contributed by atoms with van der Waals surface area (Å²) in [5.41, 5.74) is 4.44. The molecule has 0 atom stereocenters. The van der Waals surface area contributed by atoms with Crippen molar-refractivity contribution >= 4 is 59.9 Å². The average molecular weight is 608 g/mol. The van der Waals surface area contributed by atoms with Crippen molar-refractivity contribution in [1.29, 1.82) is 0 Å². The van der Waals surface area contributed by atoms with Crippen molar-refractivity contribution in [1.82, 2.24) is 14.8 Å². The van der Waals surface area contributed by atoms with Crippen LogP contribution in [0.15, 0.2) is 77.7 Å². The van der Waals surface area contributed by atoms with Crippen LogP contribution in [0.5, 0.6) is 0 Å². The van der Waals surface area contributed by atoms with Crippen LogP contribution in [0.1, 0.15) is 34.2 Å². The van der Waals surface area contributed by atoms with E-state index in [1.807, 2.05) is 49.7 Å². The fourth-order valence-electron chi connectivity index (χ4n) is 4.72. The third-order valence-corrected chi connectivity index (χ3v) is 10.2. The van der Waals surface area contributed by atoms with Crippen LogP contribution < -0.4 is 9.21 Å². The van der Waals surface area contributed by atoms with Crippen molar-refractivity contribution in [3.8, 4) is 0 Å². The van der Waals surface area contributed by atoms with Crippen molar-refractivity contribution < 1.29 is 13.2 Å². The Morgan fingerprint density at radius 3 is 2.34 bits per heavy atom. The highest BCUT2D eigenvalue weighted by Gasteiger charge is 2.26. The SMILES string of the molecule is CCN(c1ccccc1)S(=O)(=O)c1ccc(C(=O)N(CCn2nc(C)cc2C)c2nc3c(C)c(Cl)ccc3s2)cc1. The Balaban J connectivity index is 1.48. The number of halogens is 1. The first-order valence-electron chi connectivity index (χ1n) is 13.2. The van der Waals surface area contributed by atoms with Crippen LogP contribution in [-0.4, -0.2) is 42.2 Å². The maximum absolute atomic E-state index is 13.9. The number of benzene rings is 3. The number of para-hydroxylation sites is 1. The number of aryl methyl sites for hydroxylation is 3. The van der Waals surface area contributed by atoms with E-state index in [1.54, 1.807) is 48.2 Å². The van der Waals surface area contributed by atoms with Crippen LogP contribution in [0.2, 0.25) is 5.02 Å². The molecule has 1 amide bonds. The maximum Gasteiger partial charge on any atom is 0.264 e. The van der Waals surface area contributed by atoms with Gasteiger partial charge in [-0.05, 0) is 87.9 Å². The highest BCUT2D eigenvalue weighted by molar-refractivity contribution is 7.92. The molecule has 0 unspecified atom stereocenters. The molecule has 0 spiro atoms. The summed E-state index contributed by atoms with van der Waals surface area (Å²) in [6.45, 7) is 8.67. The van der Waals surface area contributed by atoms with E-state index in [1.165, 1.54) is 27.8 Å². The molecule has 0 saturated carbocycles. The third-order valence-electron chi connectivity index (χ3n) is 6.87. The van der Waals surface area contributed by atoms with E-state index in [0.717, 1.165) is 27.2 Å². The molecule has 2 heterocycles. The number of aromatic nitrogens is 3. The standard InChI is InChI=1S/C30H30ClN5O3S2/c1-5-36(24-9-7-6-8-10-24)41(38,39)25-13-11-23(12-14-25)29(37)34(17-18-35-21(3)19-20(2)33-35)30-32-28-22(4)26(31)15-16-27(28)40-30/h6-16,19H,5,17-18H2,1-4H3. The molecular formula is C30H30ClN5O3S2. The van der Waals surface area contributed by atoms with Gasteiger partial charge in [0.1, 0.15) is 0 Å². The summed E-state index contributed by atoms with van der Waals surface area (Å²) in [4.78, 5) is 20.5. The second-order valence-corrected chi connectivity index (χ2v) is 12.9. The van der Waals surface area contributed by atoms with Gasteiger partial charge >= 0.3 is 0 Å². The lowest BCUT2D eigenvalue weighted by Gasteiger charge is -2.23. The lowest BCUT2D eigenvalue weighted by atomic mass is 10.2. The van der Waals surface area contributed by atoms with E-state index in [4.69, 9.17) is 16.6 Å². The number of rotatable bonds is 9. The molecule has 0 radical (unpaired) electrons. The zero-order chi connectivity index (χ0) is 29.3. The van der Waals surface area contributed by atoms with Crippen LogP contribution in [0.25, 0.3) is 10.2 Å². The Kier molecular flexibility index (Phi) is 8.17. The summed E-state index contributed by atoms with van der Waals surface area (Å²) in [7, 11) is -3.82. The minimum atomic E-state index is -3.82. The van der Waals surface area contributed by atoms with Gasteiger partial charge in [-0.15, -0.1) is 0 Å². The smallest absolute Gasteiger partial charge is 0.264 e. The van der Waals surface area contributed by atoms with Gasteiger partial charge in [-0.3, -0.25) is 18.7 Å². The number of anilines is 2. The van der Waals surface area contributed by atoms with E-state index in [9.17, 15) is 13.2 Å². The Bertz CT molecular complexity index is 1820. The molecule has 212 valence electrons. The first kappa shape index (κ1) is 28.8. The second-order valence-electron chi connectivity index (χ2n) is 9.65. The molecule has 0 fully saturated rings. The first-order chi connectivity index (χ1) is 19.6. The number of fused-ring (bicyclic) bond motifs is 1. The van der Waals surface area contributed by atoms with E-state index in [-0.39, 0.29) is 17.3 Å². The Morgan fingerprint density at radius 1 is 1.00 bits per heavy atom. The molecule has 41 heavy (non-hydrogen) atoms. The van der Waals surface area contributed by atoms with Gasteiger partial charge in [-0.25, -0.2) is 13.4 Å². The van der Waals surface area contributed by atoms with Crippen LogP contribution in [-0.2, 0) is 16.6 Å². The molecule has 5 rings (SSSR count). The highest BCUT2D eigenvalue weighted by Crippen LogP contribution is 2.34. The van der Waals surface area contributed by atoms with Crippen LogP contribution in [0.3, 0.4) is 0 Å². The number of carbonyl (C=O) groups is 1. The van der Waals surface area contributed by atoms with Gasteiger partial charge in [-0.1, -0.05) is 41.1 Å². The van der Waals surface area contributed by atoms with Gasteiger partial charge in [0.15, 0.2) is 5.13 Å². The average Bonchev–Trinajstić information content (AvgIpc) is 3.54. The molecule has 0 aliphatic carbocycles. The number of amides is 1. The van der Waals surface area contributed by atoms with Gasteiger partial charge in [0.05, 0.1) is 33.0 Å². The lowest BCUT2D eigenvalue weighted by molar-refractivity contribution is 0.0985. The second kappa shape index (κ2) is 11.6. The normalized spacial score (nSPS) is 11.6. The zero-order valence-corrected chi connectivity index (χ0v) is 25.6. The van der Waals surface area contributed by atoms with Crippen molar-refractivity contribution in [3.63, 3.8) is 0 Å². The van der Waals surface area contributed by atoms with Gasteiger partial charge in [-0.2, -0.15) is 5.10 Å². The maximum atomic E-state index is 13.9. The fraction of sp³-hybridized carbons (Fsp3) is 0.233. The molecule has 0 saturated heterocycles. The van der Waals surface area contributed by atoms with Gasteiger partial charge in [0, 0.05) is 29.4 Å². The van der Waals surface area contributed by atoms with Gasteiger partial charge < -0.3 is 0 Å². The predicted molar refractivity (Wildman–Crippen MR) is 166 cm³/mol. The van der Waals surface area contributed by atoms with E-state index in [0.29, 0.717) is 34.5 Å². The molecule has 0 N–H and O–H groups in total. The molecule has 0 bridgehead atoms. The molecule has 11 heteroatoms. The third kappa shape index (κ3) is 5.72. The number of thiazole rings is 1. The van der Waals surface area contributed by atoms with Gasteiger partial charge in [0.25, 0.3) is 15.9 Å². The van der Waals surface area contributed by atoms with Crippen molar-refractivity contribution in [2.24, 2.45) is 0 Å². The quantitative estimate of drug-likeness (QED) is 0.188. The van der Waals surface area contributed by atoms with E-state index in [2.05, 4.69) is 5.10 Å². The minimum absolute atomic E-state index is 0.110. The number of nitrogens with zero attached hydrogens (tertiary/aromatic N) is 5. The van der Waals surface area contributed by atoms with Crippen LogP contribution in [0, 0.1) is 20.8 Å². The summed E-state index contributed by atoms with van der Waals surface area (Å²) < 4.78 is 31.0. The van der Waals surface area contributed by atoms with Crippen molar-refractivity contribution in [2.45, 2.75) is 39.1 Å². The summed E-state index contributed by atoms with van der Waals surface area (Å²) in [5.74, 6) is -0.284.